The predicted octanol–water partition coefficient (Wildman–Crippen LogP) is 2.64. The summed E-state index contributed by atoms with van der Waals surface area (Å²) in [6.07, 6.45) is 5.71. The Labute approximate surface area is 152 Å². The van der Waals surface area contributed by atoms with Crippen molar-refractivity contribution in [3.8, 4) is 0 Å². The van der Waals surface area contributed by atoms with Gasteiger partial charge in [-0.05, 0) is 31.0 Å². The predicted molar refractivity (Wildman–Crippen MR) is 98.4 cm³/mol. The van der Waals surface area contributed by atoms with E-state index < -0.39 is 0 Å². The first-order valence-corrected chi connectivity index (χ1v) is 8.99. The number of amides is 1. The largest absolute Gasteiger partial charge is 0.376 e. The summed E-state index contributed by atoms with van der Waals surface area (Å²) in [5, 5.41) is 5.42. The van der Waals surface area contributed by atoms with Crippen LogP contribution in [-0.2, 0) is 22.6 Å². The van der Waals surface area contributed by atoms with Crippen LogP contribution in [0.15, 0.2) is 54.9 Å². The molecule has 0 aliphatic carbocycles. The average molecular weight is 350 g/mol. The van der Waals surface area contributed by atoms with Gasteiger partial charge in [0.2, 0.25) is 5.91 Å². The van der Waals surface area contributed by atoms with Gasteiger partial charge in [0, 0.05) is 24.7 Å². The summed E-state index contributed by atoms with van der Waals surface area (Å²) in [5.41, 5.74) is 1.85. The number of pyridine rings is 1. The zero-order chi connectivity index (χ0) is 17.8. The Bertz CT molecular complexity index is 872. The highest BCUT2D eigenvalue weighted by Gasteiger charge is 2.23. The van der Waals surface area contributed by atoms with Gasteiger partial charge in [0.1, 0.15) is 6.54 Å². The third-order valence-corrected chi connectivity index (χ3v) is 4.72. The number of carbonyl (C=O) groups excluding carboxylic acids is 1. The van der Waals surface area contributed by atoms with Crippen LogP contribution < -0.4 is 0 Å². The lowest BCUT2D eigenvalue weighted by Gasteiger charge is -2.25. The lowest BCUT2D eigenvalue weighted by atomic mass is 10.2. The third kappa shape index (κ3) is 3.75. The Morgan fingerprint density at radius 1 is 1.23 bits per heavy atom. The van der Waals surface area contributed by atoms with E-state index in [1.807, 2.05) is 47.4 Å². The van der Waals surface area contributed by atoms with Gasteiger partial charge in [-0.2, -0.15) is 5.10 Å². The summed E-state index contributed by atoms with van der Waals surface area (Å²) < 4.78 is 7.50. The molecule has 2 aromatic heterocycles. The number of benzene rings is 1. The standard InChI is InChI=1S/C20H22N4O2/c25-20(15-24-19-9-2-1-6-16(19)12-22-24)23(14-18-8-5-11-26-18)13-17-7-3-4-10-21-17/h1-4,6-7,9-10,12,18H,5,8,11,13-15H2/t18-/m1/s1. The first-order valence-electron chi connectivity index (χ1n) is 8.99. The van der Waals surface area contributed by atoms with Gasteiger partial charge >= 0.3 is 0 Å². The minimum atomic E-state index is 0.0278. The van der Waals surface area contributed by atoms with E-state index in [0.29, 0.717) is 13.1 Å². The molecule has 1 aliphatic heterocycles. The number of para-hydroxylation sites is 1. The van der Waals surface area contributed by atoms with Crippen molar-refractivity contribution in [1.29, 1.82) is 0 Å². The first-order chi connectivity index (χ1) is 12.8. The van der Waals surface area contributed by atoms with Crippen LogP contribution in [0.1, 0.15) is 18.5 Å². The van der Waals surface area contributed by atoms with Crippen LogP contribution in [0.3, 0.4) is 0 Å². The van der Waals surface area contributed by atoms with Crippen LogP contribution in [0.4, 0.5) is 0 Å². The second-order valence-electron chi connectivity index (χ2n) is 6.59. The number of carbonyl (C=O) groups is 1. The second kappa shape index (κ2) is 7.66. The van der Waals surface area contributed by atoms with E-state index in [4.69, 9.17) is 4.74 Å². The molecule has 0 saturated carbocycles. The monoisotopic (exact) mass is 350 g/mol. The smallest absolute Gasteiger partial charge is 0.244 e. The number of rotatable bonds is 6. The van der Waals surface area contributed by atoms with E-state index in [1.165, 1.54) is 0 Å². The van der Waals surface area contributed by atoms with E-state index in [2.05, 4.69) is 10.1 Å². The van der Waals surface area contributed by atoms with Gasteiger partial charge in [-0.3, -0.25) is 14.5 Å². The minimum Gasteiger partial charge on any atom is -0.376 e. The van der Waals surface area contributed by atoms with Crippen LogP contribution in [0.5, 0.6) is 0 Å². The van der Waals surface area contributed by atoms with E-state index in [9.17, 15) is 4.79 Å². The highest BCUT2D eigenvalue weighted by molar-refractivity contribution is 5.82. The van der Waals surface area contributed by atoms with Crippen molar-refractivity contribution < 1.29 is 9.53 Å². The zero-order valence-corrected chi connectivity index (χ0v) is 14.6. The van der Waals surface area contributed by atoms with Crippen molar-refractivity contribution in [1.82, 2.24) is 19.7 Å². The molecule has 3 heterocycles. The van der Waals surface area contributed by atoms with Crippen LogP contribution in [-0.4, -0.2) is 44.8 Å². The Hall–Kier alpha value is -2.73. The summed E-state index contributed by atoms with van der Waals surface area (Å²) in [6, 6.07) is 13.7. The lowest BCUT2D eigenvalue weighted by Crippen LogP contribution is -2.39. The topological polar surface area (TPSA) is 60.2 Å². The molecule has 0 unspecified atom stereocenters. The molecule has 0 spiro atoms. The van der Waals surface area contributed by atoms with Crippen molar-refractivity contribution in [3.63, 3.8) is 0 Å². The van der Waals surface area contributed by atoms with Gasteiger partial charge in [-0.25, -0.2) is 0 Å². The van der Waals surface area contributed by atoms with Gasteiger partial charge in [-0.1, -0.05) is 24.3 Å². The highest BCUT2D eigenvalue weighted by atomic mass is 16.5. The number of aromatic nitrogens is 3. The SMILES string of the molecule is O=C(Cn1ncc2ccccc21)N(Cc1ccccn1)C[C@H]1CCCO1. The summed E-state index contributed by atoms with van der Waals surface area (Å²) in [5.74, 6) is 0.0278. The number of fused-ring (bicyclic) bond motifs is 1. The highest BCUT2D eigenvalue weighted by Crippen LogP contribution is 2.17. The molecule has 1 aromatic carbocycles. The molecule has 134 valence electrons. The molecule has 4 rings (SSSR count). The summed E-state index contributed by atoms with van der Waals surface area (Å²) in [4.78, 5) is 19.2. The molecule has 0 N–H and O–H groups in total. The van der Waals surface area contributed by atoms with Gasteiger partial charge in [0.25, 0.3) is 0 Å². The van der Waals surface area contributed by atoms with Crippen molar-refractivity contribution in [2.75, 3.05) is 13.2 Å². The van der Waals surface area contributed by atoms with Gasteiger partial charge in [0.15, 0.2) is 0 Å². The van der Waals surface area contributed by atoms with E-state index in [-0.39, 0.29) is 18.6 Å². The Morgan fingerprint density at radius 2 is 2.12 bits per heavy atom. The maximum atomic E-state index is 13.0. The molecule has 0 radical (unpaired) electrons. The molecule has 1 fully saturated rings. The molecule has 1 aliphatic rings. The summed E-state index contributed by atoms with van der Waals surface area (Å²) in [6.45, 7) is 2.07. The van der Waals surface area contributed by atoms with E-state index in [1.54, 1.807) is 17.1 Å². The lowest BCUT2D eigenvalue weighted by molar-refractivity contribution is -0.134. The fourth-order valence-corrected chi connectivity index (χ4v) is 3.36. The Kier molecular flexibility index (Phi) is 4.93. The van der Waals surface area contributed by atoms with Crippen LogP contribution in [0.2, 0.25) is 0 Å². The van der Waals surface area contributed by atoms with E-state index in [0.717, 1.165) is 36.0 Å². The first kappa shape index (κ1) is 16.7. The van der Waals surface area contributed by atoms with E-state index >= 15 is 0 Å². The minimum absolute atomic E-state index is 0.0278. The summed E-state index contributed by atoms with van der Waals surface area (Å²) >= 11 is 0. The number of nitrogens with zero attached hydrogens (tertiary/aromatic N) is 4. The maximum Gasteiger partial charge on any atom is 0.244 e. The Morgan fingerprint density at radius 3 is 2.92 bits per heavy atom. The second-order valence-corrected chi connectivity index (χ2v) is 6.59. The number of hydrogen-bond donors (Lipinski definition) is 0. The number of hydrogen-bond acceptors (Lipinski definition) is 4. The van der Waals surface area contributed by atoms with Crippen molar-refractivity contribution in [2.24, 2.45) is 0 Å². The Balaban J connectivity index is 1.52. The molecule has 1 amide bonds. The van der Waals surface area contributed by atoms with Crippen molar-refractivity contribution in [3.05, 3.63) is 60.6 Å². The molecular formula is C20H22N4O2. The molecule has 3 aromatic rings. The van der Waals surface area contributed by atoms with Crippen LogP contribution >= 0.6 is 0 Å². The normalized spacial score (nSPS) is 16.8. The molecule has 0 bridgehead atoms. The van der Waals surface area contributed by atoms with Crippen LogP contribution in [0.25, 0.3) is 10.9 Å². The fraction of sp³-hybridized carbons (Fsp3) is 0.350. The molecule has 6 heteroatoms. The van der Waals surface area contributed by atoms with Gasteiger partial charge in [0.05, 0.1) is 30.1 Å². The van der Waals surface area contributed by atoms with Crippen molar-refractivity contribution >= 4 is 16.8 Å². The van der Waals surface area contributed by atoms with Gasteiger partial charge < -0.3 is 9.64 Å². The summed E-state index contributed by atoms with van der Waals surface area (Å²) in [7, 11) is 0. The third-order valence-electron chi connectivity index (χ3n) is 4.72. The maximum absolute atomic E-state index is 13.0. The number of ether oxygens (including phenoxy) is 1. The molecular weight excluding hydrogens is 328 g/mol. The van der Waals surface area contributed by atoms with Crippen molar-refractivity contribution in [2.45, 2.75) is 32.0 Å². The van der Waals surface area contributed by atoms with Gasteiger partial charge in [-0.15, -0.1) is 0 Å². The molecule has 1 atom stereocenters. The van der Waals surface area contributed by atoms with Crippen LogP contribution in [0, 0.1) is 0 Å². The molecule has 1 saturated heterocycles. The molecule has 6 nitrogen and oxygen atoms in total. The average Bonchev–Trinajstić information content (AvgIpc) is 3.32. The quantitative estimate of drug-likeness (QED) is 0.686. The zero-order valence-electron chi connectivity index (χ0n) is 14.6. The molecule has 26 heavy (non-hydrogen) atoms. The fourth-order valence-electron chi connectivity index (χ4n) is 3.36.